The monoisotopic (exact) mass is 156 g/mol. The van der Waals surface area contributed by atoms with Gasteiger partial charge < -0.3 is 4.90 Å². The number of rotatable bonds is 3. The molecule has 0 atom stereocenters. The first kappa shape index (κ1) is 10.5. The molecule has 0 aromatic heterocycles. The molecule has 0 saturated carbocycles. The molecular formula is C9H20N2. The van der Waals surface area contributed by atoms with Gasteiger partial charge >= 0.3 is 0 Å². The predicted molar refractivity (Wildman–Crippen MR) is 51.1 cm³/mol. The Morgan fingerprint density at radius 3 is 2.27 bits per heavy atom. The molecule has 2 nitrogen and oxygen atoms in total. The van der Waals surface area contributed by atoms with Crippen molar-refractivity contribution in [3.05, 3.63) is 0 Å². The molecule has 66 valence electrons. The molecule has 0 heterocycles. The summed E-state index contributed by atoms with van der Waals surface area (Å²) in [6.07, 6.45) is 1.19. The normalized spacial score (nSPS) is 12.4. The van der Waals surface area contributed by atoms with Crippen LogP contribution in [0.15, 0.2) is 4.99 Å². The highest BCUT2D eigenvalue weighted by atomic mass is 15.1. The van der Waals surface area contributed by atoms with Crippen molar-refractivity contribution in [3.8, 4) is 0 Å². The largest absolute Gasteiger partial charge is 0.367 e. The lowest BCUT2D eigenvalue weighted by Gasteiger charge is -2.11. The summed E-state index contributed by atoms with van der Waals surface area (Å²) in [7, 11) is 4.04. The Morgan fingerprint density at radius 1 is 1.36 bits per heavy atom. The van der Waals surface area contributed by atoms with Gasteiger partial charge in [0.1, 0.15) is 0 Å². The maximum atomic E-state index is 4.41. The van der Waals surface area contributed by atoms with Crippen LogP contribution in [0.3, 0.4) is 0 Å². The van der Waals surface area contributed by atoms with Crippen LogP contribution < -0.4 is 0 Å². The zero-order valence-electron chi connectivity index (χ0n) is 8.39. The van der Waals surface area contributed by atoms with Gasteiger partial charge in [0.05, 0.1) is 5.84 Å². The zero-order valence-corrected chi connectivity index (χ0v) is 8.39. The fraction of sp³-hybridized carbons (Fsp3) is 0.889. The van der Waals surface area contributed by atoms with E-state index in [0.29, 0.717) is 0 Å². The van der Waals surface area contributed by atoms with Gasteiger partial charge in [-0.05, 0) is 19.3 Å². The number of amidine groups is 1. The van der Waals surface area contributed by atoms with Crippen LogP contribution in [0.1, 0.15) is 27.2 Å². The highest BCUT2D eigenvalue weighted by Crippen LogP contribution is 1.98. The van der Waals surface area contributed by atoms with Gasteiger partial charge in [-0.1, -0.05) is 13.8 Å². The Labute approximate surface area is 70.3 Å². The summed E-state index contributed by atoms with van der Waals surface area (Å²) in [5.41, 5.74) is 0. The number of aliphatic imine (C=N–C) groups is 1. The zero-order chi connectivity index (χ0) is 8.85. The quantitative estimate of drug-likeness (QED) is 0.451. The number of hydrogen-bond acceptors (Lipinski definition) is 1. The van der Waals surface area contributed by atoms with E-state index in [2.05, 4.69) is 18.8 Å². The Balaban J connectivity index is 3.57. The Hall–Kier alpha value is -0.530. The molecule has 0 unspecified atom stereocenters. The molecule has 0 bridgehead atoms. The minimum Gasteiger partial charge on any atom is -0.367 e. The van der Waals surface area contributed by atoms with E-state index in [0.717, 1.165) is 18.3 Å². The van der Waals surface area contributed by atoms with E-state index in [9.17, 15) is 0 Å². The van der Waals surface area contributed by atoms with Gasteiger partial charge in [-0.3, -0.25) is 4.99 Å². The molecule has 0 aromatic rings. The van der Waals surface area contributed by atoms with E-state index in [1.54, 1.807) is 0 Å². The second kappa shape index (κ2) is 5.16. The second-order valence-corrected chi connectivity index (χ2v) is 3.51. The van der Waals surface area contributed by atoms with Crippen molar-refractivity contribution in [1.82, 2.24) is 4.90 Å². The fourth-order valence-corrected chi connectivity index (χ4v) is 0.626. The number of nitrogens with zero attached hydrogens (tertiary/aromatic N) is 2. The van der Waals surface area contributed by atoms with Crippen LogP contribution >= 0.6 is 0 Å². The lowest BCUT2D eigenvalue weighted by atomic mass is 10.1. The highest BCUT2D eigenvalue weighted by molar-refractivity contribution is 5.79. The highest BCUT2D eigenvalue weighted by Gasteiger charge is 1.94. The van der Waals surface area contributed by atoms with Crippen LogP contribution in [0.5, 0.6) is 0 Å². The summed E-state index contributed by atoms with van der Waals surface area (Å²) >= 11 is 0. The molecule has 0 N–H and O–H groups in total. The van der Waals surface area contributed by atoms with Crippen LogP contribution in [0, 0.1) is 5.92 Å². The van der Waals surface area contributed by atoms with Gasteiger partial charge in [0.15, 0.2) is 0 Å². The SMILES string of the molecule is CC(=NCCC(C)C)N(C)C. The van der Waals surface area contributed by atoms with Crippen molar-refractivity contribution >= 4 is 5.84 Å². The fourth-order valence-electron chi connectivity index (χ4n) is 0.626. The van der Waals surface area contributed by atoms with Crippen molar-refractivity contribution < 1.29 is 0 Å². The molecule has 0 saturated heterocycles. The summed E-state index contributed by atoms with van der Waals surface area (Å²) in [5.74, 6) is 1.87. The third-order valence-electron chi connectivity index (χ3n) is 1.69. The van der Waals surface area contributed by atoms with Gasteiger partial charge in [0, 0.05) is 20.6 Å². The molecule has 0 aromatic carbocycles. The smallest absolute Gasteiger partial charge is 0.0952 e. The van der Waals surface area contributed by atoms with Crippen molar-refractivity contribution in [2.24, 2.45) is 10.9 Å². The van der Waals surface area contributed by atoms with Gasteiger partial charge in [0.25, 0.3) is 0 Å². The Kier molecular flexibility index (Phi) is 4.92. The molecule has 0 spiro atoms. The van der Waals surface area contributed by atoms with E-state index in [-0.39, 0.29) is 0 Å². The lowest BCUT2D eigenvalue weighted by Crippen LogP contribution is -2.18. The second-order valence-electron chi connectivity index (χ2n) is 3.51. The minimum absolute atomic E-state index is 0.758. The van der Waals surface area contributed by atoms with Crippen LogP contribution in [0.2, 0.25) is 0 Å². The molecule has 11 heavy (non-hydrogen) atoms. The predicted octanol–water partition coefficient (Wildman–Crippen LogP) is 2.01. The maximum Gasteiger partial charge on any atom is 0.0952 e. The van der Waals surface area contributed by atoms with E-state index in [1.807, 2.05) is 25.9 Å². The average molecular weight is 156 g/mol. The third-order valence-corrected chi connectivity index (χ3v) is 1.69. The van der Waals surface area contributed by atoms with Gasteiger partial charge in [0.2, 0.25) is 0 Å². The van der Waals surface area contributed by atoms with Crippen molar-refractivity contribution in [3.63, 3.8) is 0 Å². The maximum absolute atomic E-state index is 4.41. The van der Waals surface area contributed by atoms with E-state index < -0.39 is 0 Å². The summed E-state index contributed by atoms with van der Waals surface area (Å²) in [5, 5.41) is 0. The van der Waals surface area contributed by atoms with Crippen LogP contribution in [0.4, 0.5) is 0 Å². The van der Waals surface area contributed by atoms with Gasteiger partial charge in [-0.15, -0.1) is 0 Å². The van der Waals surface area contributed by atoms with Crippen molar-refractivity contribution in [1.29, 1.82) is 0 Å². The molecule has 0 fully saturated rings. The van der Waals surface area contributed by atoms with E-state index in [1.165, 1.54) is 6.42 Å². The van der Waals surface area contributed by atoms with Crippen molar-refractivity contribution in [2.75, 3.05) is 20.6 Å². The third kappa shape index (κ3) is 5.89. The van der Waals surface area contributed by atoms with Crippen LogP contribution in [-0.4, -0.2) is 31.4 Å². The minimum atomic E-state index is 0.758. The molecule has 0 radical (unpaired) electrons. The molecule has 0 amide bonds. The Bertz CT molecular complexity index is 126. The molecule has 0 aliphatic heterocycles. The lowest BCUT2D eigenvalue weighted by molar-refractivity contribution is 0.579. The summed E-state index contributed by atoms with van der Waals surface area (Å²) in [4.78, 5) is 6.45. The van der Waals surface area contributed by atoms with E-state index >= 15 is 0 Å². The summed E-state index contributed by atoms with van der Waals surface area (Å²) in [6, 6.07) is 0. The first-order valence-corrected chi connectivity index (χ1v) is 4.22. The first-order valence-electron chi connectivity index (χ1n) is 4.22. The van der Waals surface area contributed by atoms with Gasteiger partial charge in [-0.25, -0.2) is 0 Å². The van der Waals surface area contributed by atoms with Crippen LogP contribution in [-0.2, 0) is 0 Å². The topological polar surface area (TPSA) is 15.6 Å². The first-order chi connectivity index (χ1) is 5.04. The molecule has 0 rings (SSSR count). The van der Waals surface area contributed by atoms with E-state index in [4.69, 9.17) is 0 Å². The standard InChI is InChI=1S/C9H20N2/c1-8(2)6-7-10-9(3)11(4)5/h8H,6-7H2,1-5H3. The molecular weight excluding hydrogens is 136 g/mol. The molecule has 2 heteroatoms. The molecule has 0 aliphatic carbocycles. The van der Waals surface area contributed by atoms with Gasteiger partial charge in [-0.2, -0.15) is 0 Å². The Morgan fingerprint density at radius 2 is 1.91 bits per heavy atom. The summed E-state index contributed by atoms with van der Waals surface area (Å²) in [6.45, 7) is 7.45. The molecule has 0 aliphatic rings. The van der Waals surface area contributed by atoms with Crippen molar-refractivity contribution in [2.45, 2.75) is 27.2 Å². The average Bonchev–Trinajstić information content (AvgIpc) is 1.86. The number of hydrogen-bond donors (Lipinski definition) is 0. The van der Waals surface area contributed by atoms with Crippen LogP contribution in [0.25, 0.3) is 0 Å². The summed E-state index contributed by atoms with van der Waals surface area (Å²) < 4.78 is 0.